The molecule has 1 heterocycles. The lowest BCUT2D eigenvalue weighted by molar-refractivity contribution is 0.488. The molecule has 0 amide bonds. The lowest BCUT2D eigenvalue weighted by Gasteiger charge is -2.05. The van der Waals surface area contributed by atoms with Crippen LogP contribution >= 0.6 is 11.8 Å². The highest BCUT2D eigenvalue weighted by Crippen LogP contribution is 2.20. The number of rotatable bonds is 6. The van der Waals surface area contributed by atoms with Gasteiger partial charge in [0.05, 0.1) is 12.8 Å². The van der Waals surface area contributed by atoms with Gasteiger partial charge in [0, 0.05) is 17.2 Å². The minimum Gasteiger partial charge on any atom is -0.468 e. The first-order valence-corrected chi connectivity index (χ1v) is 6.76. The van der Waals surface area contributed by atoms with E-state index in [4.69, 9.17) is 4.42 Å². The third-order valence-corrected chi connectivity index (χ3v) is 3.69. The Morgan fingerprint density at radius 1 is 1.18 bits per heavy atom. The van der Waals surface area contributed by atoms with Gasteiger partial charge in [-0.15, -0.1) is 11.8 Å². The van der Waals surface area contributed by atoms with Gasteiger partial charge in [-0.1, -0.05) is 18.2 Å². The fourth-order valence-electron chi connectivity index (χ4n) is 1.58. The highest BCUT2D eigenvalue weighted by molar-refractivity contribution is 7.99. The minimum absolute atomic E-state index is 0.807. The highest BCUT2D eigenvalue weighted by Gasteiger charge is 1.98. The summed E-state index contributed by atoms with van der Waals surface area (Å²) in [4.78, 5) is 1.37. The number of hydrogen-bond donors (Lipinski definition) is 1. The van der Waals surface area contributed by atoms with Gasteiger partial charge in [0.15, 0.2) is 0 Å². The largest absolute Gasteiger partial charge is 0.468 e. The molecule has 2 rings (SSSR count). The fourth-order valence-corrected chi connectivity index (χ4v) is 2.51. The number of thioether (sulfide) groups is 1. The van der Waals surface area contributed by atoms with Crippen molar-refractivity contribution in [3.05, 3.63) is 54.0 Å². The molecule has 1 aromatic carbocycles. The van der Waals surface area contributed by atoms with Crippen LogP contribution in [0.25, 0.3) is 0 Å². The highest BCUT2D eigenvalue weighted by atomic mass is 32.2. The normalized spacial score (nSPS) is 10.6. The molecule has 0 aliphatic carbocycles. The zero-order chi connectivity index (χ0) is 11.9. The minimum atomic E-state index is 0.807. The van der Waals surface area contributed by atoms with Gasteiger partial charge in [-0.3, -0.25) is 0 Å². The maximum atomic E-state index is 5.25. The van der Waals surface area contributed by atoms with Crippen molar-refractivity contribution in [3.8, 4) is 0 Å². The molecular formula is C14H17NOS. The maximum absolute atomic E-state index is 5.25. The van der Waals surface area contributed by atoms with Crippen molar-refractivity contribution in [1.29, 1.82) is 0 Å². The van der Waals surface area contributed by atoms with Crippen molar-refractivity contribution in [2.75, 3.05) is 12.3 Å². The smallest absolute Gasteiger partial charge is 0.117 e. The van der Waals surface area contributed by atoms with Crippen molar-refractivity contribution in [2.24, 2.45) is 0 Å². The van der Waals surface area contributed by atoms with Crippen molar-refractivity contribution in [1.82, 2.24) is 5.32 Å². The predicted octanol–water partition coefficient (Wildman–Crippen LogP) is 3.47. The second-order valence-electron chi connectivity index (χ2n) is 3.87. The Hall–Kier alpha value is -1.19. The zero-order valence-corrected chi connectivity index (χ0v) is 10.8. The standard InChI is InChI=1S/C14H17NOS/c1-12-5-2-3-7-14(12)17-10-8-15-11-13-6-4-9-16-13/h2-7,9,15H,8,10-11H2,1H3. The summed E-state index contributed by atoms with van der Waals surface area (Å²) in [5.74, 6) is 2.07. The summed E-state index contributed by atoms with van der Waals surface area (Å²) in [6, 6.07) is 12.4. The molecule has 90 valence electrons. The molecule has 0 bridgehead atoms. The Morgan fingerprint density at radius 3 is 2.82 bits per heavy atom. The van der Waals surface area contributed by atoms with Crippen molar-refractivity contribution < 1.29 is 4.42 Å². The summed E-state index contributed by atoms with van der Waals surface area (Å²) < 4.78 is 5.25. The van der Waals surface area contributed by atoms with Crippen molar-refractivity contribution in [3.63, 3.8) is 0 Å². The molecule has 0 radical (unpaired) electrons. The Kier molecular flexibility index (Phi) is 4.71. The van der Waals surface area contributed by atoms with Crippen LogP contribution in [0.1, 0.15) is 11.3 Å². The molecule has 1 N–H and O–H groups in total. The van der Waals surface area contributed by atoms with E-state index in [0.717, 1.165) is 24.6 Å². The fraction of sp³-hybridized carbons (Fsp3) is 0.286. The van der Waals surface area contributed by atoms with Crippen molar-refractivity contribution >= 4 is 11.8 Å². The average Bonchev–Trinajstić information content (AvgIpc) is 2.84. The molecule has 0 fully saturated rings. The molecule has 0 saturated carbocycles. The van der Waals surface area contributed by atoms with Crippen LogP contribution < -0.4 is 5.32 Å². The first-order valence-electron chi connectivity index (χ1n) is 5.78. The van der Waals surface area contributed by atoms with Gasteiger partial charge in [-0.2, -0.15) is 0 Å². The molecule has 0 aliphatic heterocycles. The SMILES string of the molecule is Cc1ccccc1SCCNCc1ccco1. The van der Waals surface area contributed by atoms with E-state index in [-0.39, 0.29) is 0 Å². The Morgan fingerprint density at radius 2 is 2.06 bits per heavy atom. The van der Waals surface area contributed by atoms with Gasteiger partial charge in [0.25, 0.3) is 0 Å². The van der Waals surface area contributed by atoms with Crippen LogP contribution in [-0.2, 0) is 6.54 Å². The van der Waals surface area contributed by atoms with E-state index in [1.54, 1.807) is 6.26 Å². The molecule has 17 heavy (non-hydrogen) atoms. The Balaban J connectivity index is 1.65. The van der Waals surface area contributed by atoms with Crippen LogP contribution in [0.5, 0.6) is 0 Å². The molecule has 2 aromatic rings. The summed E-state index contributed by atoms with van der Waals surface area (Å²) in [5.41, 5.74) is 1.35. The molecule has 0 unspecified atom stereocenters. The maximum Gasteiger partial charge on any atom is 0.117 e. The molecule has 2 nitrogen and oxygen atoms in total. The second-order valence-corrected chi connectivity index (χ2v) is 5.01. The van der Waals surface area contributed by atoms with E-state index in [1.165, 1.54) is 10.5 Å². The van der Waals surface area contributed by atoms with E-state index in [9.17, 15) is 0 Å². The first kappa shape index (κ1) is 12.3. The Bertz CT molecular complexity index is 439. The van der Waals surface area contributed by atoms with Gasteiger partial charge < -0.3 is 9.73 Å². The predicted molar refractivity (Wildman–Crippen MR) is 72.3 cm³/mol. The third-order valence-electron chi connectivity index (χ3n) is 2.51. The van der Waals surface area contributed by atoms with Gasteiger partial charge in [-0.05, 0) is 30.7 Å². The summed E-state index contributed by atoms with van der Waals surface area (Å²) in [6.07, 6.45) is 1.71. The number of furan rings is 1. The van der Waals surface area contributed by atoms with Crippen LogP contribution in [-0.4, -0.2) is 12.3 Å². The molecular weight excluding hydrogens is 230 g/mol. The molecule has 3 heteroatoms. The Labute approximate surface area is 106 Å². The van der Waals surface area contributed by atoms with Gasteiger partial charge in [0.2, 0.25) is 0 Å². The molecule has 1 aromatic heterocycles. The quantitative estimate of drug-likeness (QED) is 0.625. The average molecular weight is 247 g/mol. The monoisotopic (exact) mass is 247 g/mol. The van der Waals surface area contributed by atoms with Gasteiger partial charge in [0.1, 0.15) is 5.76 Å². The van der Waals surface area contributed by atoms with E-state index in [1.807, 2.05) is 23.9 Å². The number of nitrogens with one attached hydrogen (secondary N) is 1. The van der Waals surface area contributed by atoms with Crippen LogP contribution in [0.4, 0.5) is 0 Å². The summed E-state index contributed by atoms with van der Waals surface area (Å²) in [7, 11) is 0. The van der Waals surface area contributed by atoms with Crippen LogP contribution in [0, 0.1) is 6.92 Å². The van der Waals surface area contributed by atoms with Crippen molar-refractivity contribution in [2.45, 2.75) is 18.4 Å². The summed E-state index contributed by atoms with van der Waals surface area (Å²) in [6.45, 7) is 3.94. The molecule has 0 aliphatic rings. The van der Waals surface area contributed by atoms with Crippen LogP contribution in [0.2, 0.25) is 0 Å². The lowest BCUT2D eigenvalue weighted by atomic mass is 10.2. The third kappa shape index (κ3) is 3.95. The summed E-state index contributed by atoms with van der Waals surface area (Å²) in [5, 5.41) is 3.36. The number of benzene rings is 1. The molecule has 0 atom stereocenters. The van der Waals surface area contributed by atoms with Crippen LogP contribution in [0.15, 0.2) is 52.0 Å². The summed E-state index contributed by atoms with van der Waals surface area (Å²) >= 11 is 1.89. The van der Waals surface area contributed by atoms with Crippen LogP contribution in [0.3, 0.4) is 0 Å². The van der Waals surface area contributed by atoms with E-state index in [2.05, 4.69) is 36.5 Å². The zero-order valence-electron chi connectivity index (χ0n) is 9.98. The first-order chi connectivity index (χ1) is 8.36. The lowest BCUT2D eigenvalue weighted by Crippen LogP contribution is -2.16. The topological polar surface area (TPSA) is 25.2 Å². The molecule has 0 saturated heterocycles. The van der Waals surface area contributed by atoms with E-state index >= 15 is 0 Å². The van der Waals surface area contributed by atoms with Gasteiger partial charge in [-0.25, -0.2) is 0 Å². The number of aryl methyl sites for hydroxylation is 1. The molecule has 0 spiro atoms. The van der Waals surface area contributed by atoms with Gasteiger partial charge >= 0.3 is 0 Å². The van der Waals surface area contributed by atoms with E-state index < -0.39 is 0 Å². The second kappa shape index (κ2) is 6.52. The van der Waals surface area contributed by atoms with E-state index in [0.29, 0.717) is 0 Å². The number of hydrogen-bond acceptors (Lipinski definition) is 3.